The molecule has 3 heteroatoms. The second-order valence-corrected chi connectivity index (χ2v) is 6.28. The molecule has 2 aromatic carbocycles. The minimum Gasteiger partial charge on any atom is -0.465 e. The first kappa shape index (κ1) is 14.2. The zero-order valence-electron chi connectivity index (χ0n) is 11.8. The Bertz CT molecular complexity index is 583. The summed E-state index contributed by atoms with van der Waals surface area (Å²) in [6.07, 6.45) is 0. The summed E-state index contributed by atoms with van der Waals surface area (Å²) < 4.78 is 5.28. The van der Waals surface area contributed by atoms with Crippen molar-refractivity contribution in [2.75, 3.05) is 12.4 Å². The SMILES string of the molecule is O=C1OCC(c2ccccc2)C1CSCc1ccccc1. The molecule has 2 unspecified atom stereocenters. The second-order valence-electron chi connectivity index (χ2n) is 5.25. The molecule has 3 rings (SSSR count). The van der Waals surface area contributed by atoms with E-state index in [1.165, 1.54) is 11.1 Å². The van der Waals surface area contributed by atoms with E-state index >= 15 is 0 Å². The lowest BCUT2D eigenvalue weighted by Gasteiger charge is -2.15. The van der Waals surface area contributed by atoms with E-state index in [1.807, 2.05) is 36.4 Å². The maximum absolute atomic E-state index is 12.0. The van der Waals surface area contributed by atoms with Crippen molar-refractivity contribution >= 4 is 17.7 Å². The average molecular weight is 298 g/mol. The lowest BCUT2D eigenvalue weighted by atomic mass is 9.90. The highest BCUT2D eigenvalue weighted by molar-refractivity contribution is 7.98. The largest absolute Gasteiger partial charge is 0.465 e. The smallest absolute Gasteiger partial charge is 0.310 e. The molecule has 1 fully saturated rings. The van der Waals surface area contributed by atoms with Gasteiger partial charge in [-0.25, -0.2) is 0 Å². The van der Waals surface area contributed by atoms with Crippen molar-refractivity contribution < 1.29 is 9.53 Å². The van der Waals surface area contributed by atoms with Gasteiger partial charge in [0.1, 0.15) is 0 Å². The van der Waals surface area contributed by atoms with Crippen LogP contribution in [-0.4, -0.2) is 18.3 Å². The topological polar surface area (TPSA) is 26.3 Å². The number of carbonyl (C=O) groups is 1. The number of ether oxygens (including phenoxy) is 1. The van der Waals surface area contributed by atoms with E-state index < -0.39 is 0 Å². The van der Waals surface area contributed by atoms with Crippen molar-refractivity contribution in [3.05, 3.63) is 71.8 Å². The molecule has 0 aliphatic carbocycles. The van der Waals surface area contributed by atoms with E-state index in [0.29, 0.717) is 6.61 Å². The summed E-state index contributed by atoms with van der Waals surface area (Å²) in [6, 6.07) is 20.6. The van der Waals surface area contributed by atoms with Crippen LogP contribution in [0.1, 0.15) is 17.0 Å². The third kappa shape index (κ3) is 3.48. The first-order valence-corrected chi connectivity index (χ1v) is 8.33. The molecular formula is C18H18O2S. The van der Waals surface area contributed by atoms with E-state index in [9.17, 15) is 4.79 Å². The highest BCUT2D eigenvalue weighted by Gasteiger charge is 2.37. The van der Waals surface area contributed by atoms with Gasteiger partial charge in [-0.05, 0) is 11.1 Å². The number of thioether (sulfide) groups is 1. The van der Waals surface area contributed by atoms with E-state index in [2.05, 4.69) is 24.3 Å². The van der Waals surface area contributed by atoms with Crippen molar-refractivity contribution in [3.63, 3.8) is 0 Å². The van der Waals surface area contributed by atoms with Gasteiger partial charge in [0.15, 0.2) is 0 Å². The number of hydrogen-bond donors (Lipinski definition) is 0. The predicted molar refractivity (Wildman–Crippen MR) is 86.2 cm³/mol. The molecule has 0 N–H and O–H groups in total. The van der Waals surface area contributed by atoms with Gasteiger partial charge in [-0.2, -0.15) is 11.8 Å². The zero-order valence-corrected chi connectivity index (χ0v) is 12.6. The molecule has 2 nitrogen and oxygen atoms in total. The summed E-state index contributed by atoms with van der Waals surface area (Å²) in [6.45, 7) is 0.513. The van der Waals surface area contributed by atoms with Crippen LogP contribution >= 0.6 is 11.8 Å². The van der Waals surface area contributed by atoms with Crippen LogP contribution in [0.15, 0.2) is 60.7 Å². The van der Waals surface area contributed by atoms with Gasteiger partial charge in [0.2, 0.25) is 0 Å². The number of benzene rings is 2. The molecule has 2 aromatic rings. The Hall–Kier alpha value is -1.74. The van der Waals surface area contributed by atoms with Crippen LogP contribution in [0.2, 0.25) is 0 Å². The fraction of sp³-hybridized carbons (Fsp3) is 0.278. The summed E-state index contributed by atoms with van der Waals surface area (Å²) in [7, 11) is 0. The van der Waals surface area contributed by atoms with Gasteiger partial charge in [0.25, 0.3) is 0 Å². The van der Waals surface area contributed by atoms with Crippen LogP contribution < -0.4 is 0 Å². The Labute approximate surface area is 129 Å². The van der Waals surface area contributed by atoms with E-state index in [-0.39, 0.29) is 17.8 Å². The van der Waals surface area contributed by atoms with E-state index in [0.717, 1.165) is 11.5 Å². The highest BCUT2D eigenvalue weighted by atomic mass is 32.2. The van der Waals surface area contributed by atoms with Gasteiger partial charge in [0, 0.05) is 17.4 Å². The van der Waals surface area contributed by atoms with Gasteiger partial charge in [-0.3, -0.25) is 4.79 Å². The van der Waals surface area contributed by atoms with Crippen molar-refractivity contribution in [1.82, 2.24) is 0 Å². The summed E-state index contributed by atoms with van der Waals surface area (Å²) in [5.74, 6) is 1.87. The molecule has 0 aromatic heterocycles. The molecule has 21 heavy (non-hydrogen) atoms. The quantitative estimate of drug-likeness (QED) is 0.784. The fourth-order valence-corrected chi connectivity index (χ4v) is 3.82. The molecule has 1 saturated heterocycles. The Morgan fingerprint density at radius 2 is 1.67 bits per heavy atom. The molecule has 0 spiro atoms. The van der Waals surface area contributed by atoms with Gasteiger partial charge in [0.05, 0.1) is 12.5 Å². The third-order valence-corrected chi connectivity index (χ3v) is 4.96. The Morgan fingerprint density at radius 3 is 2.38 bits per heavy atom. The summed E-state index contributed by atoms with van der Waals surface area (Å²) in [5, 5.41) is 0. The second kappa shape index (κ2) is 6.81. The maximum atomic E-state index is 12.0. The van der Waals surface area contributed by atoms with Crippen molar-refractivity contribution in [3.8, 4) is 0 Å². The standard InChI is InChI=1S/C18H18O2S/c19-18-17(13-21-12-14-7-3-1-4-8-14)16(11-20-18)15-9-5-2-6-10-15/h1-10,16-17H,11-13H2. The summed E-state index contributed by atoms with van der Waals surface area (Å²) in [4.78, 5) is 12.0. The molecule has 0 saturated carbocycles. The Kier molecular flexibility index (Phi) is 4.61. The Morgan fingerprint density at radius 1 is 1.00 bits per heavy atom. The highest BCUT2D eigenvalue weighted by Crippen LogP contribution is 2.34. The van der Waals surface area contributed by atoms with Gasteiger partial charge >= 0.3 is 5.97 Å². The van der Waals surface area contributed by atoms with Crippen molar-refractivity contribution in [2.24, 2.45) is 5.92 Å². The first-order valence-electron chi connectivity index (χ1n) is 7.18. The monoisotopic (exact) mass is 298 g/mol. The lowest BCUT2D eigenvalue weighted by molar-refractivity contribution is -0.140. The van der Waals surface area contributed by atoms with Crippen LogP contribution in [0, 0.1) is 5.92 Å². The normalized spacial score (nSPS) is 21.2. The first-order chi connectivity index (χ1) is 10.3. The molecule has 1 heterocycles. The van der Waals surface area contributed by atoms with Crippen LogP contribution in [-0.2, 0) is 15.3 Å². The summed E-state index contributed by atoms with van der Waals surface area (Å²) in [5.41, 5.74) is 2.50. The molecule has 0 radical (unpaired) electrons. The predicted octanol–water partition coefficient (Wildman–Crippen LogP) is 3.88. The van der Waals surface area contributed by atoms with Gasteiger partial charge in [-0.15, -0.1) is 0 Å². The number of rotatable bonds is 5. The molecule has 1 aliphatic rings. The van der Waals surface area contributed by atoms with Crippen LogP contribution in [0.5, 0.6) is 0 Å². The molecule has 0 amide bonds. The number of esters is 1. The van der Waals surface area contributed by atoms with Crippen molar-refractivity contribution in [2.45, 2.75) is 11.7 Å². The van der Waals surface area contributed by atoms with E-state index in [4.69, 9.17) is 4.74 Å². The lowest BCUT2D eigenvalue weighted by Crippen LogP contribution is -2.17. The molecule has 0 bridgehead atoms. The minimum atomic E-state index is -0.0515. The number of hydrogen-bond acceptors (Lipinski definition) is 3. The fourth-order valence-electron chi connectivity index (χ4n) is 2.65. The average Bonchev–Trinajstić information content (AvgIpc) is 2.91. The number of carbonyl (C=O) groups excluding carboxylic acids is 1. The maximum Gasteiger partial charge on any atom is 0.310 e. The Balaban J connectivity index is 1.61. The molecular weight excluding hydrogens is 280 g/mol. The van der Waals surface area contributed by atoms with E-state index in [1.54, 1.807) is 11.8 Å². The molecule has 108 valence electrons. The van der Waals surface area contributed by atoms with Crippen molar-refractivity contribution in [1.29, 1.82) is 0 Å². The van der Waals surface area contributed by atoms with Crippen LogP contribution in [0.3, 0.4) is 0 Å². The number of cyclic esters (lactones) is 1. The third-order valence-electron chi connectivity index (χ3n) is 3.83. The van der Waals surface area contributed by atoms with Crippen LogP contribution in [0.25, 0.3) is 0 Å². The zero-order chi connectivity index (χ0) is 14.5. The molecule has 2 atom stereocenters. The van der Waals surface area contributed by atoms with Gasteiger partial charge in [-0.1, -0.05) is 60.7 Å². The minimum absolute atomic E-state index is 0.0267. The molecule has 1 aliphatic heterocycles. The van der Waals surface area contributed by atoms with Crippen LogP contribution in [0.4, 0.5) is 0 Å². The summed E-state index contributed by atoms with van der Waals surface area (Å²) >= 11 is 1.80. The van der Waals surface area contributed by atoms with Gasteiger partial charge < -0.3 is 4.74 Å².